The maximum atomic E-state index is 3.47. The van der Waals surface area contributed by atoms with E-state index in [4.69, 9.17) is 0 Å². The van der Waals surface area contributed by atoms with Gasteiger partial charge in [0, 0.05) is 12.6 Å². The molecule has 2 nitrogen and oxygen atoms in total. The van der Waals surface area contributed by atoms with Crippen molar-refractivity contribution in [2.45, 2.75) is 58.4 Å². The maximum absolute atomic E-state index is 3.47. The summed E-state index contributed by atoms with van der Waals surface area (Å²) in [7, 11) is 2.10. The molecule has 1 atom stereocenters. The minimum Gasteiger partial charge on any atom is -0.315 e. The van der Waals surface area contributed by atoms with Crippen molar-refractivity contribution in [1.29, 1.82) is 0 Å². The van der Waals surface area contributed by atoms with E-state index in [2.05, 4.69) is 31.1 Å². The zero-order chi connectivity index (χ0) is 12.3. The standard InChI is InChI=1S/C15H30N2/c1-13(2)14(16-3)12-17-10-8-15(9-11-17)6-4-5-7-15/h13-14,16H,4-12H2,1-3H3. The average Bonchev–Trinajstić information content (AvgIpc) is 2.77. The Morgan fingerprint density at radius 2 is 1.65 bits per heavy atom. The number of hydrogen-bond donors (Lipinski definition) is 1. The van der Waals surface area contributed by atoms with Gasteiger partial charge in [-0.2, -0.15) is 0 Å². The second-order valence-corrected chi connectivity index (χ2v) is 6.65. The highest BCUT2D eigenvalue weighted by Gasteiger charge is 2.37. The Balaban J connectivity index is 1.78. The molecule has 0 aromatic heterocycles. The molecule has 2 aliphatic rings. The van der Waals surface area contributed by atoms with Crippen LogP contribution in [0.2, 0.25) is 0 Å². The monoisotopic (exact) mass is 238 g/mol. The molecule has 1 aliphatic carbocycles. The minimum atomic E-state index is 0.660. The van der Waals surface area contributed by atoms with Gasteiger partial charge in [-0.05, 0) is 57.2 Å². The molecule has 1 heterocycles. The fourth-order valence-corrected chi connectivity index (χ4v) is 3.75. The van der Waals surface area contributed by atoms with Gasteiger partial charge in [-0.25, -0.2) is 0 Å². The van der Waals surface area contributed by atoms with Crippen molar-refractivity contribution in [2.24, 2.45) is 11.3 Å². The predicted octanol–water partition coefficient (Wildman–Crippen LogP) is 2.89. The van der Waals surface area contributed by atoms with E-state index >= 15 is 0 Å². The Morgan fingerprint density at radius 1 is 1.06 bits per heavy atom. The quantitative estimate of drug-likeness (QED) is 0.810. The van der Waals surface area contributed by atoms with Crippen molar-refractivity contribution in [2.75, 3.05) is 26.7 Å². The third kappa shape index (κ3) is 3.23. The molecule has 1 aliphatic heterocycles. The third-order valence-electron chi connectivity index (χ3n) is 5.21. The lowest BCUT2D eigenvalue weighted by molar-refractivity contribution is 0.0962. The van der Waals surface area contributed by atoms with Crippen molar-refractivity contribution in [1.82, 2.24) is 10.2 Å². The first-order chi connectivity index (χ1) is 8.15. The van der Waals surface area contributed by atoms with Gasteiger partial charge in [0.2, 0.25) is 0 Å². The number of nitrogens with one attached hydrogen (secondary N) is 1. The van der Waals surface area contributed by atoms with E-state index < -0.39 is 0 Å². The van der Waals surface area contributed by atoms with Gasteiger partial charge in [0.25, 0.3) is 0 Å². The molecule has 1 spiro atoms. The average molecular weight is 238 g/mol. The number of piperidine rings is 1. The number of likely N-dealkylation sites (tertiary alicyclic amines) is 1. The van der Waals surface area contributed by atoms with Gasteiger partial charge in [-0.1, -0.05) is 26.7 Å². The smallest absolute Gasteiger partial charge is 0.0214 e. The number of nitrogens with zero attached hydrogens (tertiary/aromatic N) is 1. The minimum absolute atomic E-state index is 0.660. The first-order valence-electron chi connectivity index (χ1n) is 7.55. The van der Waals surface area contributed by atoms with Crippen molar-refractivity contribution in [3.05, 3.63) is 0 Å². The highest BCUT2D eigenvalue weighted by Crippen LogP contribution is 2.46. The summed E-state index contributed by atoms with van der Waals surface area (Å²) in [5.74, 6) is 0.738. The molecule has 2 rings (SSSR count). The van der Waals surface area contributed by atoms with Crippen molar-refractivity contribution in [3.63, 3.8) is 0 Å². The summed E-state index contributed by atoms with van der Waals surface area (Å²) in [4.78, 5) is 2.69. The molecule has 0 radical (unpaired) electrons. The fourth-order valence-electron chi connectivity index (χ4n) is 3.75. The molecule has 0 amide bonds. The van der Waals surface area contributed by atoms with Crippen LogP contribution in [0.4, 0.5) is 0 Å². The Kier molecular flexibility index (Phi) is 4.48. The third-order valence-corrected chi connectivity index (χ3v) is 5.21. The second kappa shape index (κ2) is 5.71. The predicted molar refractivity (Wildman–Crippen MR) is 74.3 cm³/mol. The zero-order valence-corrected chi connectivity index (χ0v) is 12.0. The lowest BCUT2D eigenvalue weighted by atomic mass is 9.77. The Labute approximate surface area is 107 Å². The van der Waals surface area contributed by atoms with Gasteiger partial charge in [0.15, 0.2) is 0 Å². The van der Waals surface area contributed by atoms with Gasteiger partial charge in [-0.3, -0.25) is 0 Å². The highest BCUT2D eigenvalue weighted by molar-refractivity contribution is 4.90. The van der Waals surface area contributed by atoms with Crippen LogP contribution in [0.3, 0.4) is 0 Å². The molecule has 17 heavy (non-hydrogen) atoms. The number of hydrogen-bond acceptors (Lipinski definition) is 2. The topological polar surface area (TPSA) is 15.3 Å². The largest absolute Gasteiger partial charge is 0.315 e. The first kappa shape index (κ1) is 13.4. The van der Waals surface area contributed by atoms with E-state index in [9.17, 15) is 0 Å². The molecular weight excluding hydrogens is 208 g/mol. The van der Waals surface area contributed by atoms with Crippen molar-refractivity contribution in [3.8, 4) is 0 Å². The van der Waals surface area contributed by atoms with E-state index in [0.717, 1.165) is 11.3 Å². The van der Waals surface area contributed by atoms with Crippen LogP contribution >= 0.6 is 0 Å². The summed E-state index contributed by atoms with van der Waals surface area (Å²) in [6.45, 7) is 8.56. The van der Waals surface area contributed by atoms with Crippen LogP contribution in [-0.4, -0.2) is 37.6 Å². The number of likely N-dealkylation sites (N-methyl/N-ethyl adjacent to an activating group) is 1. The summed E-state index contributed by atoms with van der Waals surface area (Å²) in [5.41, 5.74) is 0.767. The van der Waals surface area contributed by atoms with Crippen LogP contribution < -0.4 is 5.32 Å². The number of rotatable bonds is 4. The SMILES string of the molecule is CNC(CN1CCC2(CCCC2)CC1)C(C)C. The summed E-state index contributed by atoms with van der Waals surface area (Å²) in [6.07, 6.45) is 8.93. The molecule has 0 aromatic rings. The molecule has 1 saturated heterocycles. The van der Waals surface area contributed by atoms with Crippen LogP contribution in [0.5, 0.6) is 0 Å². The first-order valence-corrected chi connectivity index (χ1v) is 7.55. The normalized spacial score (nSPS) is 26.8. The van der Waals surface area contributed by atoms with E-state index in [1.165, 1.54) is 58.2 Å². The molecule has 100 valence electrons. The fraction of sp³-hybridized carbons (Fsp3) is 1.00. The van der Waals surface area contributed by atoms with Crippen LogP contribution in [-0.2, 0) is 0 Å². The van der Waals surface area contributed by atoms with E-state index in [-0.39, 0.29) is 0 Å². The molecule has 1 unspecified atom stereocenters. The van der Waals surface area contributed by atoms with Gasteiger partial charge in [0.1, 0.15) is 0 Å². The van der Waals surface area contributed by atoms with Crippen molar-refractivity contribution < 1.29 is 0 Å². The maximum Gasteiger partial charge on any atom is 0.0214 e. The van der Waals surface area contributed by atoms with Gasteiger partial charge in [0.05, 0.1) is 0 Å². The molecular formula is C15H30N2. The van der Waals surface area contributed by atoms with E-state index in [1.54, 1.807) is 0 Å². The lowest BCUT2D eigenvalue weighted by Gasteiger charge is -2.41. The zero-order valence-electron chi connectivity index (χ0n) is 12.0. The molecule has 2 fully saturated rings. The van der Waals surface area contributed by atoms with Crippen LogP contribution in [0.1, 0.15) is 52.4 Å². The molecule has 1 N–H and O–H groups in total. The van der Waals surface area contributed by atoms with Crippen LogP contribution in [0, 0.1) is 11.3 Å². The molecule has 0 bridgehead atoms. The summed E-state index contributed by atoms with van der Waals surface area (Å²) < 4.78 is 0. The Morgan fingerprint density at radius 3 is 2.12 bits per heavy atom. The summed E-state index contributed by atoms with van der Waals surface area (Å²) >= 11 is 0. The summed E-state index contributed by atoms with van der Waals surface area (Å²) in [5, 5.41) is 3.47. The Hall–Kier alpha value is -0.0800. The van der Waals surface area contributed by atoms with Crippen LogP contribution in [0.25, 0.3) is 0 Å². The van der Waals surface area contributed by atoms with E-state index in [1.807, 2.05) is 0 Å². The van der Waals surface area contributed by atoms with Gasteiger partial charge >= 0.3 is 0 Å². The van der Waals surface area contributed by atoms with Crippen LogP contribution in [0.15, 0.2) is 0 Å². The summed E-state index contributed by atoms with van der Waals surface area (Å²) in [6, 6.07) is 0.660. The molecule has 0 aromatic carbocycles. The highest BCUT2D eigenvalue weighted by atomic mass is 15.2. The van der Waals surface area contributed by atoms with Gasteiger partial charge < -0.3 is 10.2 Å². The van der Waals surface area contributed by atoms with E-state index in [0.29, 0.717) is 6.04 Å². The molecule has 1 saturated carbocycles. The van der Waals surface area contributed by atoms with Gasteiger partial charge in [-0.15, -0.1) is 0 Å². The second-order valence-electron chi connectivity index (χ2n) is 6.65. The molecule has 2 heteroatoms. The Bertz CT molecular complexity index is 221. The lowest BCUT2D eigenvalue weighted by Crippen LogP contribution is -2.47. The van der Waals surface area contributed by atoms with Crippen molar-refractivity contribution >= 4 is 0 Å².